The standard InChI is InChI=1S/C15H13F3N4O2/c16-15(17,18)11-3-1-2-10(6-11)8-21-9-19-13-12(14(21)24)7-20-22(13)4-5-23/h1-3,6-7,9,23H,4-5,8H2. The summed E-state index contributed by atoms with van der Waals surface area (Å²) in [5.74, 6) is 0. The van der Waals surface area contributed by atoms with Gasteiger partial charge in [-0.05, 0) is 17.7 Å². The first kappa shape index (κ1) is 16.2. The van der Waals surface area contributed by atoms with Gasteiger partial charge >= 0.3 is 6.18 Å². The van der Waals surface area contributed by atoms with Crippen molar-refractivity contribution in [3.63, 3.8) is 0 Å². The van der Waals surface area contributed by atoms with Crippen molar-refractivity contribution in [2.75, 3.05) is 6.61 Å². The van der Waals surface area contributed by atoms with E-state index >= 15 is 0 Å². The van der Waals surface area contributed by atoms with Crippen LogP contribution in [0, 0.1) is 0 Å². The number of alkyl halides is 3. The number of rotatable bonds is 4. The van der Waals surface area contributed by atoms with Crippen molar-refractivity contribution in [2.45, 2.75) is 19.3 Å². The highest BCUT2D eigenvalue weighted by Gasteiger charge is 2.30. The van der Waals surface area contributed by atoms with E-state index in [0.29, 0.717) is 11.2 Å². The lowest BCUT2D eigenvalue weighted by atomic mass is 10.1. The van der Waals surface area contributed by atoms with Crippen LogP contribution in [-0.4, -0.2) is 31.0 Å². The molecule has 0 radical (unpaired) electrons. The first-order valence-electron chi connectivity index (χ1n) is 7.08. The first-order chi connectivity index (χ1) is 11.4. The van der Waals surface area contributed by atoms with Crippen LogP contribution in [0.15, 0.2) is 41.6 Å². The van der Waals surface area contributed by atoms with E-state index in [1.807, 2.05) is 0 Å². The molecule has 24 heavy (non-hydrogen) atoms. The second kappa shape index (κ2) is 6.08. The number of halogens is 3. The molecule has 126 valence electrons. The summed E-state index contributed by atoms with van der Waals surface area (Å²) >= 11 is 0. The number of aliphatic hydroxyl groups excluding tert-OH is 1. The highest BCUT2D eigenvalue weighted by Crippen LogP contribution is 2.29. The molecule has 2 aromatic heterocycles. The number of aromatic nitrogens is 4. The molecular weight excluding hydrogens is 325 g/mol. The van der Waals surface area contributed by atoms with Crippen LogP contribution in [0.25, 0.3) is 11.0 Å². The molecule has 3 aromatic rings. The quantitative estimate of drug-likeness (QED) is 0.785. The summed E-state index contributed by atoms with van der Waals surface area (Å²) in [5.41, 5.74) is -0.496. The molecule has 0 saturated carbocycles. The van der Waals surface area contributed by atoms with Crippen LogP contribution in [0.1, 0.15) is 11.1 Å². The summed E-state index contributed by atoms with van der Waals surface area (Å²) in [6.45, 7) is 0.0240. The summed E-state index contributed by atoms with van der Waals surface area (Å²) in [7, 11) is 0. The van der Waals surface area contributed by atoms with Crippen molar-refractivity contribution in [1.29, 1.82) is 0 Å². The Balaban J connectivity index is 1.96. The molecule has 0 aliphatic rings. The minimum absolute atomic E-state index is 0.0309. The van der Waals surface area contributed by atoms with Gasteiger partial charge in [0.2, 0.25) is 0 Å². The van der Waals surface area contributed by atoms with Crippen LogP contribution in [0.4, 0.5) is 13.2 Å². The summed E-state index contributed by atoms with van der Waals surface area (Å²) < 4.78 is 40.9. The number of nitrogens with zero attached hydrogens (tertiary/aromatic N) is 4. The lowest BCUT2D eigenvalue weighted by molar-refractivity contribution is -0.137. The van der Waals surface area contributed by atoms with Gasteiger partial charge in [-0.15, -0.1) is 0 Å². The molecule has 0 spiro atoms. The van der Waals surface area contributed by atoms with E-state index < -0.39 is 17.3 Å². The zero-order valence-corrected chi connectivity index (χ0v) is 12.4. The van der Waals surface area contributed by atoms with E-state index in [-0.39, 0.29) is 25.1 Å². The first-order valence-corrected chi connectivity index (χ1v) is 7.08. The number of hydrogen-bond acceptors (Lipinski definition) is 4. The van der Waals surface area contributed by atoms with Gasteiger partial charge in [-0.3, -0.25) is 9.36 Å². The van der Waals surface area contributed by atoms with Crippen molar-refractivity contribution in [3.05, 3.63) is 58.3 Å². The second-order valence-corrected chi connectivity index (χ2v) is 5.20. The van der Waals surface area contributed by atoms with Gasteiger partial charge in [0.05, 0.1) is 31.5 Å². The highest BCUT2D eigenvalue weighted by atomic mass is 19.4. The van der Waals surface area contributed by atoms with Gasteiger partial charge < -0.3 is 5.11 Å². The monoisotopic (exact) mass is 338 g/mol. The third-order valence-corrected chi connectivity index (χ3v) is 3.54. The molecule has 0 unspecified atom stereocenters. The molecule has 3 rings (SSSR count). The van der Waals surface area contributed by atoms with Crippen LogP contribution in [0.2, 0.25) is 0 Å². The van der Waals surface area contributed by atoms with Gasteiger partial charge in [-0.2, -0.15) is 18.3 Å². The van der Waals surface area contributed by atoms with Gasteiger partial charge in [-0.1, -0.05) is 12.1 Å². The van der Waals surface area contributed by atoms with E-state index in [0.717, 1.165) is 12.1 Å². The van der Waals surface area contributed by atoms with Crippen molar-refractivity contribution in [2.24, 2.45) is 0 Å². The summed E-state index contributed by atoms with van der Waals surface area (Å²) in [6, 6.07) is 4.80. The maximum absolute atomic E-state index is 12.8. The molecule has 9 heteroatoms. The Kier molecular flexibility index (Phi) is 4.10. The summed E-state index contributed by atoms with van der Waals surface area (Å²) in [6.07, 6.45) is -1.84. The Hall–Kier alpha value is -2.68. The maximum atomic E-state index is 12.8. The Morgan fingerprint density at radius 2 is 2.04 bits per heavy atom. The Labute approximate surface area is 133 Å². The normalized spacial score (nSPS) is 12.0. The molecule has 0 aliphatic heterocycles. The van der Waals surface area contributed by atoms with Gasteiger partial charge in [-0.25, -0.2) is 9.67 Å². The van der Waals surface area contributed by atoms with Crippen LogP contribution in [-0.2, 0) is 19.3 Å². The molecule has 1 aromatic carbocycles. The van der Waals surface area contributed by atoms with Crippen molar-refractivity contribution in [1.82, 2.24) is 19.3 Å². The van der Waals surface area contributed by atoms with E-state index in [2.05, 4.69) is 10.1 Å². The van der Waals surface area contributed by atoms with Crippen LogP contribution in [0.3, 0.4) is 0 Å². The Morgan fingerprint density at radius 1 is 1.25 bits per heavy atom. The SMILES string of the molecule is O=c1c2cnn(CCO)c2ncn1Cc1cccc(C(F)(F)F)c1. The van der Waals surface area contributed by atoms with Crippen molar-refractivity contribution >= 4 is 11.0 Å². The summed E-state index contributed by atoms with van der Waals surface area (Å²) in [5, 5.41) is 13.2. The number of benzene rings is 1. The van der Waals surface area contributed by atoms with Crippen LogP contribution >= 0.6 is 0 Å². The van der Waals surface area contributed by atoms with E-state index in [1.165, 1.54) is 33.9 Å². The molecule has 6 nitrogen and oxygen atoms in total. The minimum atomic E-state index is -4.44. The average molecular weight is 338 g/mol. The topological polar surface area (TPSA) is 72.9 Å². The van der Waals surface area contributed by atoms with E-state index in [9.17, 15) is 18.0 Å². The molecule has 0 amide bonds. The minimum Gasteiger partial charge on any atom is -0.394 e. The largest absolute Gasteiger partial charge is 0.416 e. The Bertz CT molecular complexity index is 930. The molecule has 0 bridgehead atoms. The average Bonchev–Trinajstić information content (AvgIpc) is 2.94. The number of hydrogen-bond donors (Lipinski definition) is 1. The third kappa shape index (κ3) is 3.02. The van der Waals surface area contributed by atoms with E-state index in [4.69, 9.17) is 5.11 Å². The van der Waals surface area contributed by atoms with Crippen LogP contribution < -0.4 is 5.56 Å². The molecule has 1 N–H and O–H groups in total. The van der Waals surface area contributed by atoms with Crippen LogP contribution in [0.5, 0.6) is 0 Å². The van der Waals surface area contributed by atoms with Gasteiger partial charge in [0.1, 0.15) is 11.7 Å². The molecule has 0 saturated heterocycles. The smallest absolute Gasteiger partial charge is 0.394 e. The lowest BCUT2D eigenvalue weighted by Gasteiger charge is -2.10. The molecular formula is C15H13F3N4O2. The number of aliphatic hydroxyl groups is 1. The zero-order chi connectivity index (χ0) is 17.3. The Morgan fingerprint density at radius 3 is 2.75 bits per heavy atom. The maximum Gasteiger partial charge on any atom is 0.416 e. The second-order valence-electron chi connectivity index (χ2n) is 5.20. The predicted octanol–water partition coefficient (Wildman–Crippen LogP) is 1.65. The summed E-state index contributed by atoms with van der Waals surface area (Å²) in [4.78, 5) is 16.5. The van der Waals surface area contributed by atoms with Gasteiger partial charge in [0.15, 0.2) is 5.65 Å². The molecule has 0 aliphatic carbocycles. The molecule has 0 fully saturated rings. The highest BCUT2D eigenvalue weighted by molar-refractivity contribution is 5.72. The van der Waals surface area contributed by atoms with Gasteiger partial charge in [0, 0.05) is 0 Å². The van der Waals surface area contributed by atoms with Crippen molar-refractivity contribution in [3.8, 4) is 0 Å². The fourth-order valence-corrected chi connectivity index (χ4v) is 2.41. The lowest BCUT2D eigenvalue weighted by Crippen LogP contribution is -2.21. The fraction of sp³-hybridized carbons (Fsp3) is 0.267. The number of fused-ring (bicyclic) bond motifs is 1. The predicted molar refractivity (Wildman–Crippen MR) is 79.4 cm³/mol. The van der Waals surface area contributed by atoms with Crippen molar-refractivity contribution < 1.29 is 18.3 Å². The molecule has 0 atom stereocenters. The molecule has 2 heterocycles. The third-order valence-electron chi connectivity index (χ3n) is 3.54. The van der Waals surface area contributed by atoms with Gasteiger partial charge in [0.25, 0.3) is 5.56 Å². The van der Waals surface area contributed by atoms with E-state index in [1.54, 1.807) is 0 Å². The fourth-order valence-electron chi connectivity index (χ4n) is 2.41. The zero-order valence-electron chi connectivity index (χ0n) is 12.4.